The average Bonchev–Trinajstić information content (AvgIpc) is 2.89. The Labute approximate surface area is 165 Å². The Morgan fingerprint density at radius 2 is 2.00 bits per heavy atom. The van der Waals surface area contributed by atoms with Crippen LogP contribution in [0.15, 0.2) is 18.2 Å². The molecule has 0 aromatic heterocycles. The van der Waals surface area contributed by atoms with Gasteiger partial charge in [-0.3, -0.25) is 0 Å². The summed E-state index contributed by atoms with van der Waals surface area (Å²) < 4.78 is 25.1. The molecule has 2 saturated heterocycles. The third-order valence-electron chi connectivity index (χ3n) is 4.85. The molecule has 7 nitrogen and oxygen atoms in total. The van der Waals surface area contributed by atoms with Gasteiger partial charge < -0.3 is 0 Å². The standard InChI is InChI=1S/C17H23ClFO7Se/c18-8-2-1-3-9(19)14(8)17-25-5-10(21)16(26-17)12(23)7-27-6-11(22)15(24)13(27)4-20/h1-3,10-13,15-17,20-24H,4-7H2/q+1/t10-,11-,12-,13-,15+,16+,17?,27-/m1/s1. The number of rotatable bonds is 5. The molecular weight excluding hydrogens is 450 g/mol. The average molecular weight is 473 g/mol. The van der Waals surface area contributed by atoms with Gasteiger partial charge in [-0.25, -0.2) is 0 Å². The number of aliphatic hydroxyl groups is 5. The normalized spacial score (nSPS) is 38.1. The Morgan fingerprint density at radius 1 is 1.26 bits per heavy atom. The van der Waals surface area contributed by atoms with Gasteiger partial charge in [-0.05, 0) is 0 Å². The number of benzene rings is 1. The van der Waals surface area contributed by atoms with Gasteiger partial charge in [0.05, 0.1) is 0 Å². The second kappa shape index (κ2) is 9.00. The van der Waals surface area contributed by atoms with E-state index in [9.17, 15) is 29.9 Å². The summed E-state index contributed by atoms with van der Waals surface area (Å²) >= 11 is 4.27. The van der Waals surface area contributed by atoms with Crippen LogP contribution in [0.5, 0.6) is 0 Å². The molecule has 27 heavy (non-hydrogen) atoms. The van der Waals surface area contributed by atoms with Gasteiger partial charge in [0.2, 0.25) is 0 Å². The molecule has 8 atom stereocenters. The molecule has 2 aliphatic heterocycles. The third-order valence-corrected chi connectivity index (χ3v) is 11.1. The van der Waals surface area contributed by atoms with E-state index in [2.05, 4.69) is 0 Å². The summed E-state index contributed by atoms with van der Waals surface area (Å²) in [6.45, 7) is -0.448. The van der Waals surface area contributed by atoms with E-state index in [0.717, 1.165) is 0 Å². The summed E-state index contributed by atoms with van der Waals surface area (Å²) in [5.41, 5.74) is -0.000711. The molecule has 10 heteroatoms. The molecule has 0 spiro atoms. The van der Waals surface area contributed by atoms with E-state index < -0.39 is 61.3 Å². The van der Waals surface area contributed by atoms with Gasteiger partial charge in [0.25, 0.3) is 0 Å². The molecule has 1 aromatic rings. The topological polar surface area (TPSA) is 120 Å². The summed E-state index contributed by atoms with van der Waals surface area (Å²) in [7, 11) is 0. The van der Waals surface area contributed by atoms with Crippen molar-refractivity contribution in [3.05, 3.63) is 34.6 Å². The first kappa shape index (κ1) is 21.4. The maximum absolute atomic E-state index is 14.1. The van der Waals surface area contributed by atoms with Crippen molar-refractivity contribution in [2.75, 3.05) is 13.2 Å². The van der Waals surface area contributed by atoms with Crippen LogP contribution in [0.2, 0.25) is 20.5 Å². The van der Waals surface area contributed by atoms with E-state index in [0.29, 0.717) is 5.32 Å². The Kier molecular flexibility index (Phi) is 7.13. The molecule has 152 valence electrons. The number of aliphatic hydroxyl groups excluding tert-OH is 5. The summed E-state index contributed by atoms with van der Waals surface area (Å²) in [4.78, 5) is -0.455. The predicted molar refractivity (Wildman–Crippen MR) is 95.2 cm³/mol. The predicted octanol–water partition coefficient (Wildman–Crippen LogP) is 0.208. The Morgan fingerprint density at radius 3 is 2.67 bits per heavy atom. The fourth-order valence-electron chi connectivity index (χ4n) is 3.39. The Hall–Kier alpha value is -0.321. The maximum atomic E-state index is 14.1. The van der Waals surface area contributed by atoms with E-state index >= 15 is 0 Å². The van der Waals surface area contributed by atoms with E-state index in [-0.39, 0.29) is 29.1 Å². The van der Waals surface area contributed by atoms with Gasteiger partial charge in [0.1, 0.15) is 0 Å². The fraction of sp³-hybridized carbons (Fsp3) is 0.647. The van der Waals surface area contributed by atoms with Gasteiger partial charge >= 0.3 is 165 Å². The SMILES string of the molecule is OC[C@@H]1[C@@H](O)[C@H](O)C[Se@+]1C[C@@H](O)[C@H]1OC(c2c(F)cccc2Cl)OC[C@H]1O. The zero-order valence-corrected chi connectivity index (χ0v) is 16.8. The molecule has 0 saturated carbocycles. The third kappa shape index (κ3) is 4.48. The van der Waals surface area contributed by atoms with Crippen LogP contribution in [0.25, 0.3) is 0 Å². The van der Waals surface area contributed by atoms with Crippen LogP contribution >= 0.6 is 11.6 Å². The molecule has 1 unspecified atom stereocenters. The number of halogens is 2. The quantitative estimate of drug-likeness (QED) is 0.389. The molecule has 1 aromatic carbocycles. The summed E-state index contributed by atoms with van der Waals surface area (Å²) in [6.07, 6.45) is -6.40. The van der Waals surface area contributed by atoms with Crippen LogP contribution < -0.4 is 0 Å². The molecular formula is C17H23ClFO7Se+. The van der Waals surface area contributed by atoms with Gasteiger partial charge in [-0.15, -0.1) is 0 Å². The second-order valence-corrected chi connectivity index (χ2v) is 12.0. The summed E-state index contributed by atoms with van der Waals surface area (Å²) in [5, 5.41) is 50.7. The van der Waals surface area contributed by atoms with Crippen molar-refractivity contribution in [1.29, 1.82) is 0 Å². The van der Waals surface area contributed by atoms with E-state index in [1.54, 1.807) is 0 Å². The molecule has 2 heterocycles. The van der Waals surface area contributed by atoms with Crippen LogP contribution in [0.4, 0.5) is 4.39 Å². The van der Waals surface area contributed by atoms with Gasteiger partial charge in [0, 0.05) is 0 Å². The van der Waals surface area contributed by atoms with Crippen LogP contribution in [0, 0.1) is 5.82 Å². The Bertz CT molecular complexity index is 633. The number of ether oxygens (including phenoxy) is 2. The number of hydrogen-bond donors (Lipinski definition) is 5. The fourth-order valence-corrected chi connectivity index (χ4v) is 9.27. The van der Waals surface area contributed by atoms with E-state index in [4.69, 9.17) is 21.1 Å². The van der Waals surface area contributed by atoms with Crippen LogP contribution in [-0.4, -0.2) is 83.2 Å². The Balaban J connectivity index is 1.71. The molecule has 2 fully saturated rings. The molecule has 0 aliphatic carbocycles. The molecule has 0 bridgehead atoms. The molecule has 0 amide bonds. The van der Waals surface area contributed by atoms with Gasteiger partial charge in [0.15, 0.2) is 0 Å². The first-order chi connectivity index (χ1) is 12.8. The molecule has 3 rings (SSSR count). The number of hydrogen-bond acceptors (Lipinski definition) is 7. The van der Waals surface area contributed by atoms with Crippen molar-refractivity contribution in [2.45, 2.75) is 52.3 Å². The van der Waals surface area contributed by atoms with Crippen molar-refractivity contribution in [1.82, 2.24) is 0 Å². The summed E-state index contributed by atoms with van der Waals surface area (Å²) in [6, 6.07) is 4.15. The minimum atomic E-state index is -1.76. The van der Waals surface area contributed by atoms with Crippen LogP contribution in [0.3, 0.4) is 0 Å². The minimum absolute atomic E-state index is 0.000711. The second-order valence-electron chi connectivity index (χ2n) is 6.69. The monoisotopic (exact) mass is 473 g/mol. The van der Waals surface area contributed by atoms with Crippen LogP contribution in [0.1, 0.15) is 11.9 Å². The summed E-state index contributed by atoms with van der Waals surface area (Å²) in [5.74, 6) is -0.618. The van der Waals surface area contributed by atoms with Gasteiger partial charge in [-0.1, -0.05) is 0 Å². The van der Waals surface area contributed by atoms with E-state index in [1.807, 2.05) is 0 Å². The zero-order valence-electron chi connectivity index (χ0n) is 14.3. The van der Waals surface area contributed by atoms with E-state index in [1.165, 1.54) is 18.2 Å². The first-order valence-electron chi connectivity index (χ1n) is 8.53. The molecule has 2 aliphatic rings. The first-order valence-corrected chi connectivity index (χ1v) is 12.3. The van der Waals surface area contributed by atoms with Crippen molar-refractivity contribution in [3.8, 4) is 0 Å². The molecule has 5 N–H and O–H groups in total. The molecule has 0 radical (unpaired) electrons. The zero-order chi connectivity index (χ0) is 19.7. The van der Waals surface area contributed by atoms with Crippen LogP contribution in [-0.2, 0) is 9.47 Å². The van der Waals surface area contributed by atoms with Crippen molar-refractivity contribution in [3.63, 3.8) is 0 Å². The van der Waals surface area contributed by atoms with Crippen molar-refractivity contribution in [2.24, 2.45) is 0 Å². The van der Waals surface area contributed by atoms with Crippen molar-refractivity contribution >= 4 is 25.5 Å². The van der Waals surface area contributed by atoms with Crippen molar-refractivity contribution < 1.29 is 39.4 Å². The van der Waals surface area contributed by atoms with Gasteiger partial charge in [-0.2, -0.15) is 0 Å².